The molecule has 26 heavy (non-hydrogen) atoms. The van der Waals surface area contributed by atoms with Gasteiger partial charge in [0.2, 0.25) is 12.2 Å². The van der Waals surface area contributed by atoms with Crippen LogP contribution in [0.2, 0.25) is 0 Å². The second-order valence-electron chi connectivity index (χ2n) is 4.88. The van der Waals surface area contributed by atoms with E-state index >= 15 is 0 Å². The van der Waals surface area contributed by atoms with Crippen molar-refractivity contribution in [1.82, 2.24) is 20.3 Å². The number of carbonyl (C=O) groups is 1. The van der Waals surface area contributed by atoms with Crippen LogP contribution in [0.5, 0.6) is 0 Å². The number of thioether (sulfide) groups is 1. The average Bonchev–Trinajstić information content (AvgIpc) is 3.26. The van der Waals surface area contributed by atoms with Crippen LogP contribution < -0.4 is 0 Å². The molecule has 0 spiro atoms. The number of hydrogen-bond donors (Lipinski definition) is 0. The van der Waals surface area contributed by atoms with E-state index in [4.69, 9.17) is 0 Å². The molecule has 0 aliphatic carbocycles. The first kappa shape index (κ1) is 18.0. The highest BCUT2D eigenvalue weighted by Crippen LogP contribution is 2.29. The summed E-state index contributed by atoms with van der Waals surface area (Å²) in [6.07, 6.45) is -3.64. The minimum atomic E-state index is -4.80. The number of Topliss-reactive ketones (excluding diaryl/α,β-unsaturated/α-hetero) is 1. The maximum Gasteiger partial charge on any atom is 0.471 e. The molecule has 136 valence electrons. The molecule has 0 radical (unpaired) electrons. The van der Waals surface area contributed by atoms with Gasteiger partial charge in [-0.1, -0.05) is 16.4 Å². The molecule has 0 saturated heterocycles. The van der Waals surface area contributed by atoms with Crippen LogP contribution in [0.15, 0.2) is 33.6 Å². The van der Waals surface area contributed by atoms with E-state index in [1.165, 1.54) is 6.07 Å². The summed E-state index contributed by atoms with van der Waals surface area (Å²) in [5.74, 6) is -2.68. The largest absolute Gasteiger partial charge is 0.471 e. The van der Waals surface area contributed by atoms with Crippen molar-refractivity contribution in [2.24, 2.45) is 0 Å². The van der Waals surface area contributed by atoms with Crippen molar-refractivity contribution in [2.45, 2.75) is 11.9 Å². The molecule has 0 bridgehead atoms. The molecule has 2 aromatic heterocycles. The Bertz CT molecular complexity index is 911. The van der Waals surface area contributed by atoms with Gasteiger partial charge in [0, 0.05) is 5.56 Å². The first-order valence-corrected chi connectivity index (χ1v) is 8.07. The van der Waals surface area contributed by atoms with Gasteiger partial charge >= 0.3 is 12.1 Å². The number of nitrogens with zero attached hydrogens (tertiary/aromatic N) is 4. The Morgan fingerprint density at radius 3 is 2.65 bits per heavy atom. The number of ketones is 1. The van der Waals surface area contributed by atoms with Crippen molar-refractivity contribution in [1.29, 1.82) is 0 Å². The van der Waals surface area contributed by atoms with Gasteiger partial charge in [-0.2, -0.15) is 23.1 Å². The van der Waals surface area contributed by atoms with Crippen LogP contribution in [0.3, 0.4) is 0 Å². The molecular weight excluding hydrogens is 380 g/mol. The summed E-state index contributed by atoms with van der Waals surface area (Å²) in [5.41, 5.74) is -0.244. The van der Waals surface area contributed by atoms with E-state index in [2.05, 4.69) is 29.3 Å². The van der Waals surface area contributed by atoms with Gasteiger partial charge in [-0.05, 0) is 12.1 Å². The van der Waals surface area contributed by atoms with E-state index in [-0.39, 0.29) is 16.9 Å². The number of rotatable bonds is 6. The molecular formula is C14H8F4N4O3S. The second-order valence-corrected chi connectivity index (χ2v) is 5.86. The molecule has 3 rings (SSSR count). The van der Waals surface area contributed by atoms with Gasteiger partial charge in [-0.3, -0.25) is 4.79 Å². The Hall–Kier alpha value is -2.76. The maximum absolute atomic E-state index is 14.1. The standard InChI is InChI=1S/C14H8F4N4O3S/c15-9-3-7(12-20-13(25-22-12)14(16,17)18)1-2-8(9)10(23)4-26-5-11-19-6-24-21-11/h1-3,6H,4-5H2. The van der Waals surface area contributed by atoms with E-state index in [1.807, 2.05) is 0 Å². The number of benzene rings is 1. The molecule has 3 aromatic rings. The highest BCUT2D eigenvalue weighted by Gasteiger charge is 2.38. The summed E-state index contributed by atoms with van der Waals surface area (Å²) < 4.78 is 60.1. The van der Waals surface area contributed by atoms with Gasteiger partial charge in [0.05, 0.1) is 17.1 Å². The summed E-state index contributed by atoms with van der Waals surface area (Å²) >= 11 is 1.16. The molecule has 7 nitrogen and oxygen atoms in total. The second kappa shape index (κ2) is 7.23. The normalized spacial score (nSPS) is 11.7. The van der Waals surface area contributed by atoms with Gasteiger partial charge in [-0.15, -0.1) is 11.8 Å². The Balaban J connectivity index is 1.68. The topological polar surface area (TPSA) is 94.9 Å². The fraction of sp³-hybridized carbons (Fsp3) is 0.214. The third kappa shape index (κ3) is 4.07. The maximum atomic E-state index is 14.1. The van der Waals surface area contributed by atoms with Crippen LogP contribution in [0.25, 0.3) is 11.4 Å². The number of alkyl halides is 3. The van der Waals surface area contributed by atoms with Crippen molar-refractivity contribution < 1.29 is 31.4 Å². The summed E-state index contributed by atoms with van der Waals surface area (Å²) in [6.45, 7) is 0. The van der Waals surface area contributed by atoms with Gasteiger partial charge in [0.15, 0.2) is 11.6 Å². The van der Waals surface area contributed by atoms with Gasteiger partial charge in [0.1, 0.15) is 5.82 Å². The lowest BCUT2D eigenvalue weighted by atomic mass is 10.1. The van der Waals surface area contributed by atoms with Gasteiger partial charge < -0.3 is 9.05 Å². The Morgan fingerprint density at radius 1 is 1.23 bits per heavy atom. The molecule has 12 heteroatoms. The van der Waals surface area contributed by atoms with Gasteiger partial charge in [-0.25, -0.2) is 4.39 Å². The van der Waals surface area contributed by atoms with Crippen molar-refractivity contribution in [3.8, 4) is 11.4 Å². The first-order chi connectivity index (χ1) is 12.3. The SMILES string of the molecule is O=C(CSCc1ncon1)c1ccc(-c2noc(C(F)(F)F)n2)cc1F. The lowest BCUT2D eigenvalue weighted by Gasteiger charge is -2.03. The molecule has 0 aliphatic heterocycles. The highest BCUT2D eigenvalue weighted by atomic mass is 32.2. The Kier molecular flexibility index (Phi) is 5.02. The van der Waals surface area contributed by atoms with Crippen LogP contribution in [-0.4, -0.2) is 31.8 Å². The molecule has 0 saturated carbocycles. The lowest BCUT2D eigenvalue weighted by Crippen LogP contribution is -2.06. The quantitative estimate of drug-likeness (QED) is 0.468. The monoisotopic (exact) mass is 388 g/mol. The number of carbonyl (C=O) groups excluding carboxylic acids is 1. The number of aromatic nitrogens is 4. The molecule has 0 aliphatic rings. The van der Waals surface area contributed by atoms with E-state index in [1.54, 1.807) is 0 Å². The van der Waals surface area contributed by atoms with Crippen molar-refractivity contribution in [2.75, 3.05) is 5.75 Å². The molecule has 0 unspecified atom stereocenters. The minimum absolute atomic E-state index is 0.0365. The third-order valence-electron chi connectivity index (χ3n) is 3.07. The van der Waals surface area contributed by atoms with E-state index < -0.39 is 29.5 Å². The van der Waals surface area contributed by atoms with Crippen LogP contribution in [0.4, 0.5) is 17.6 Å². The fourth-order valence-corrected chi connectivity index (χ4v) is 2.66. The lowest BCUT2D eigenvalue weighted by molar-refractivity contribution is -0.159. The smallest absolute Gasteiger partial charge is 0.343 e. The zero-order chi connectivity index (χ0) is 18.7. The number of hydrogen-bond acceptors (Lipinski definition) is 8. The summed E-state index contributed by atoms with van der Waals surface area (Å²) in [5, 5.41) is 6.73. The summed E-state index contributed by atoms with van der Waals surface area (Å²) in [6, 6.07) is 3.28. The van der Waals surface area contributed by atoms with Crippen LogP contribution in [-0.2, 0) is 11.9 Å². The van der Waals surface area contributed by atoms with Crippen molar-refractivity contribution in [3.05, 3.63) is 47.7 Å². The van der Waals surface area contributed by atoms with Gasteiger partial charge in [0.25, 0.3) is 0 Å². The molecule has 0 amide bonds. The predicted molar refractivity (Wildman–Crippen MR) is 79.5 cm³/mol. The minimum Gasteiger partial charge on any atom is -0.343 e. The Labute approximate surface area is 146 Å². The van der Waals surface area contributed by atoms with Crippen molar-refractivity contribution >= 4 is 17.5 Å². The molecule has 1 aromatic carbocycles. The zero-order valence-electron chi connectivity index (χ0n) is 12.7. The average molecular weight is 388 g/mol. The van der Waals surface area contributed by atoms with Crippen LogP contribution in [0, 0.1) is 5.82 Å². The summed E-state index contributed by atoms with van der Waals surface area (Å²) in [4.78, 5) is 19.0. The molecule has 0 N–H and O–H groups in total. The Morgan fingerprint density at radius 2 is 2.04 bits per heavy atom. The third-order valence-corrected chi connectivity index (χ3v) is 4.00. The molecule has 0 atom stereocenters. The zero-order valence-corrected chi connectivity index (χ0v) is 13.5. The fourth-order valence-electron chi connectivity index (χ4n) is 1.90. The number of halogens is 4. The van der Waals surface area contributed by atoms with E-state index in [0.717, 1.165) is 30.3 Å². The van der Waals surface area contributed by atoms with Crippen molar-refractivity contribution in [3.63, 3.8) is 0 Å². The van der Waals surface area contributed by atoms with Crippen LogP contribution >= 0.6 is 11.8 Å². The first-order valence-electron chi connectivity index (χ1n) is 6.91. The van der Waals surface area contributed by atoms with E-state index in [0.29, 0.717) is 11.6 Å². The highest BCUT2D eigenvalue weighted by molar-refractivity contribution is 7.99. The molecule has 2 heterocycles. The summed E-state index contributed by atoms with van der Waals surface area (Å²) in [7, 11) is 0. The molecule has 0 fully saturated rings. The van der Waals surface area contributed by atoms with Crippen LogP contribution in [0.1, 0.15) is 22.1 Å². The predicted octanol–water partition coefficient (Wildman–Crippen LogP) is 3.39. The van der Waals surface area contributed by atoms with E-state index in [9.17, 15) is 22.4 Å².